The second kappa shape index (κ2) is 10.4. The van der Waals surface area contributed by atoms with Gasteiger partial charge in [0.1, 0.15) is 11.3 Å². The summed E-state index contributed by atoms with van der Waals surface area (Å²) in [6, 6.07) is 13.5. The lowest BCUT2D eigenvalue weighted by molar-refractivity contribution is 0.0700. The summed E-state index contributed by atoms with van der Waals surface area (Å²) in [6.07, 6.45) is 10.5. The predicted molar refractivity (Wildman–Crippen MR) is 170 cm³/mol. The fourth-order valence-corrected chi connectivity index (χ4v) is 8.47. The number of piperidine rings is 1. The number of fused-ring (bicyclic) bond motifs is 4. The second-order valence-electron chi connectivity index (χ2n) is 13.9. The Kier molecular flexibility index (Phi) is 6.56. The third kappa shape index (κ3) is 4.56. The first-order valence-electron chi connectivity index (χ1n) is 16.4. The van der Waals surface area contributed by atoms with Gasteiger partial charge in [0, 0.05) is 49.2 Å². The molecule has 3 saturated carbocycles. The fourth-order valence-electron chi connectivity index (χ4n) is 8.47. The summed E-state index contributed by atoms with van der Waals surface area (Å²) in [5.41, 5.74) is 18.9. The van der Waals surface area contributed by atoms with Crippen molar-refractivity contribution >= 4 is 27.8 Å². The van der Waals surface area contributed by atoms with Crippen LogP contribution in [0.2, 0.25) is 0 Å². The van der Waals surface area contributed by atoms with Crippen LogP contribution in [0.3, 0.4) is 0 Å². The van der Waals surface area contributed by atoms with E-state index >= 15 is 0 Å². The quantitative estimate of drug-likeness (QED) is 0.311. The average Bonchev–Trinajstić information content (AvgIpc) is 3.40. The number of aromatic nitrogens is 3. The van der Waals surface area contributed by atoms with Crippen molar-refractivity contribution in [3.63, 3.8) is 0 Å². The highest BCUT2D eigenvalue weighted by atomic mass is 16.5. The van der Waals surface area contributed by atoms with Crippen molar-refractivity contribution in [3.05, 3.63) is 47.5 Å². The molecule has 8 rings (SSSR count). The largest absolute Gasteiger partial charge is 0.494 e. The van der Waals surface area contributed by atoms with E-state index in [1.165, 1.54) is 42.1 Å². The lowest BCUT2D eigenvalue weighted by Gasteiger charge is -2.27. The van der Waals surface area contributed by atoms with Crippen LogP contribution >= 0.6 is 0 Å². The van der Waals surface area contributed by atoms with Crippen LogP contribution in [-0.2, 0) is 20.0 Å². The SMILES string of the molecule is COc1cc(C(=O)N2C[C@H]3CC[C@@H]2[C@@H]3N)cc2nc(-c3cc4cccc(CC5CCC(N)CC5)c4n3CC3CC3)n(C)c12. The molecule has 8 nitrogen and oxygen atoms in total. The van der Waals surface area contributed by atoms with E-state index in [1.54, 1.807) is 7.11 Å². The number of nitrogens with two attached hydrogens (primary N) is 2. The molecule has 2 aromatic heterocycles. The van der Waals surface area contributed by atoms with Crippen LogP contribution in [0, 0.1) is 17.8 Å². The molecule has 2 aromatic carbocycles. The highest BCUT2D eigenvalue weighted by Gasteiger charge is 2.47. The standard InChI is InChI=1S/C35H44N6O2/c1-39-33-27(15-25(17-30(33)43-2)35(42)41-19-24-10-13-28(41)31(24)37)38-34(39)29-16-23-5-3-4-22(14-20-8-11-26(36)12-9-20)32(23)40(29)18-21-6-7-21/h3-5,15-17,20-21,24,26,28,31H,6-14,18-19,36-37H2,1-2H3/t20?,24-,26?,28-,31-/m1/s1. The molecule has 226 valence electrons. The summed E-state index contributed by atoms with van der Waals surface area (Å²) in [5, 5.41) is 1.27. The monoisotopic (exact) mass is 580 g/mol. The molecule has 1 amide bonds. The number of aryl methyl sites for hydroxylation is 1. The number of likely N-dealkylation sites (tertiary alicyclic amines) is 1. The van der Waals surface area contributed by atoms with Gasteiger partial charge in [0.25, 0.3) is 5.91 Å². The molecule has 3 aliphatic carbocycles. The van der Waals surface area contributed by atoms with Gasteiger partial charge in [-0.15, -0.1) is 0 Å². The van der Waals surface area contributed by atoms with Crippen LogP contribution in [-0.4, -0.2) is 56.7 Å². The fraction of sp³-hybridized carbons (Fsp3) is 0.543. The van der Waals surface area contributed by atoms with Gasteiger partial charge in [-0.05, 0) is 99.3 Å². The third-order valence-corrected chi connectivity index (χ3v) is 11.1. The van der Waals surface area contributed by atoms with Gasteiger partial charge in [-0.3, -0.25) is 4.79 Å². The number of benzene rings is 2. The molecule has 1 saturated heterocycles. The van der Waals surface area contributed by atoms with E-state index in [2.05, 4.69) is 40.4 Å². The van der Waals surface area contributed by atoms with Gasteiger partial charge in [-0.2, -0.15) is 0 Å². The minimum Gasteiger partial charge on any atom is -0.494 e. The number of imidazole rings is 1. The minimum atomic E-state index is 0.0335. The Bertz CT molecular complexity index is 1710. The number of amides is 1. The van der Waals surface area contributed by atoms with Crippen molar-refractivity contribution in [3.8, 4) is 17.3 Å². The molecule has 3 atom stereocenters. The Morgan fingerprint density at radius 1 is 0.977 bits per heavy atom. The molecular weight excluding hydrogens is 536 g/mol. The highest BCUT2D eigenvalue weighted by molar-refractivity contribution is 6.00. The molecule has 4 N–H and O–H groups in total. The molecule has 0 spiro atoms. The number of hydrogen-bond acceptors (Lipinski definition) is 5. The lowest BCUT2D eigenvalue weighted by Crippen LogP contribution is -2.41. The zero-order valence-corrected chi connectivity index (χ0v) is 25.5. The zero-order chi connectivity index (χ0) is 29.4. The normalized spacial score (nSPS) is 27.1. The Hall–Kier alpha value is -3.36. The van der Waals surface area contributed by atoms with Crippen molar-refractivity contribution in [2.45, 2.75) is 82.5 Å². The summed E-state index contributed by atoms with van der Waals surface area (Å²) in [5.74, 6) is 3.43. The van der Waals surface area contributed by atoms with Crippen molar-refractivity contribution in [1.82, 2.24) is 19.0 Å². The van der Waals surface area contributed by atoms with E-state index in [4.69, 9.17) is 21.2 Å². The highest BCUT2D eigenvalue weighted by Crippen LogP contribution is 2.41. The number of rotatable bonds is 7. The molecule has 1 aliphatic heterocycles. The Balaban J connectivity index is 1.21. The topological polar surface area (TPSA) is 104 Å². The van der Waals surface area contributed by atoms with Crippen LogP contribution in [0.5, 0.6) is 5.75 Å². The minimum absolute atomic E-state index is 0.0335. The first kappa shape index (κ1) is 27.2. The van der Waals surface area contributed by atoms with Gasteiger partial charge in [0.15, 0.2) is 5.82 Å². The number of ether oxygens (including phenoxy) is 1. The van der Waals surface area contributed by atoms with Crippen LogP contribution in [0.1, 0.15) is 67.3 Å². The van der Waals surface area contributed by atoms with E-state index in [1.807, 2.05) is 17.0 Å². The molecule has 0 unspecified atom stereocenters. The second-order valence-corrected chi connectivity index (χ2v) is 13.9. The van der Waals surface area contributed by atoms with Crippen LogP contribution < -0.4 is 16.2 Å². The molecule has 0 radical (unpaired) electrons. The Morgan fingerprint density at radius 3 is 2.47 bits per heavy atom. The summed E-state index contributed by atoms with van der Waals surface area (Å²) >= 11 is 0. The van der Waals surface area contributed by atoms with Crippen LogP contribution in [0.25, 0.3) is 33.5 Å². The smallest absolute Gasteiger partial charge is 0.254 e. The van der Waals surface area contributed by atoms with Gasteiger partial charge < -0.3 is 30.2 Å². The molecule has 43 heavy (non-hydrogen) atoms. The van der Waals surface area contributed by atoms with E-state index in [-0.39, 0.29) is 18.0 Å². The van der Waals surface area contributed by atoms with Crippen LogP contribution in [0.4, 0.5) is 0 Å². The van der Waals surface area contributed by atoms with Gasteiger partial charge >= 0.3 is 0 Å². The van der Waals surface area contributed by atoms with Gasteiger partial charge in [0.05, 0.1) is 23.8 Å². The summed E-state index contributed by atoms with van der Waals surface area (Å²) in [7, 11) is 3.75. The van der Waals surface area contributed by atoms with E-state index in [0.717, 1.165) is 67.7 Å². The molecule has 4 aromatic rings. The Labute approximate surface area is 253 Å². The number of nitrogens with zero attached hydrogens (tertiary/aromatic N) is 4. The summed E-state index contributed by atoms with van der Waals surface area (Å²) < 4.78 is 10.6. The third-order valence-electron chi connectivity index (χ3n) is 11.1. The van der Waals surface area contributed by atoms with E-state index < -0.39 is 0 Å². The Morgan fingerprint density at radius 2 is 1.77 bits per heavy atom. The van der Waals surface area contributed by atoms with Crippen molar-refractivity contribution in [1.29, 1.82) is 0 Å². The number of carbonyl (C=O) groups excluding carboxylic acids is 1. The molecule has 8 heteroatoms. The average molecular weight is 581 g/mol. The summed E-state index contributed by atoms with van der Waals surface area (Å²) in [4.78, 5) is 20.9. The maximum absolute atomic E-state index is 13.7. The molecule has 4 aliphatic rings. The predicted octanol–water partition coefficient (Wildman–Crippen LogP) is 5.24. The van der Waals surface area contributed by atoms with E-state index in [9.17, 15) is 4.79 Å². The molecular formula is C35H44N6O2. The molecule has 2 bridgehead atoms. The number of methoxy groups -OCH3 is 1. The van der Waals surface area contributed by atoms with Crippen molar-refractivity contribution in [2.75, 3.05) is 13.7 Å². The maximum Gasteiger partial charge on any atom is 0.254 e. The maximum atomic E-state index is 13.7. The van der Waals surface area contributed by atoms with Crippen LogP contribution in [0.15, 0.2) is 36.4 Å². The van der Waals surface area contributed by atoms with Gasteiger partial charge in [-0.25, -0.2) is 4.98 Å². The van der Waals surface area contributed by atoms with Crippen molar-refractivity contribution < 1.29 is 9.53 Å². The molecule has 3 heterocycles. The lowest BCUT2D eigenvalue weighted by atomic mass is 9.82. The first-order valence-corrected chi connectivity index (χ1v) is 16.4. The zero-order valence-electron chi connectivity index (χ0n) is 25.5. The molecule has 4 fully saturated rings. The number of para-hydroxylation sites is 1. The van der Waals surface area contributed by atoms with E-state index in [0.29, 0.717) is 35.1 Å². The van der Waals surface area contributed by atoms with Gasteiger partial charge in [0.2, 0.25) is 0 Å². The van der Waals surface area contributed by atoms with Crippen molar-refractivity contribution in [2.24, 2.45) is 36.3 Å². The summed E-state index contributed by atoms with van der Waals surface area (Å²) in [6.45, 7) is 1.75. The number of carbonyl (C=O) groups is 1. The number of hydrogen-bond donors (Lipinski definition) is 2. The van der Waals surface area contributed by atoms with Gasteiger partial charge in [-0.1, -0.05) is 18.2 Å². The first-order chi connectivity index (χ1) is 20.9.